The average Bonchev–Trinajstić information content (AvgIpc) is 3.09. The summed E-state index contributed by atoms with van der Waals surface area (Å²) in [6.07, 6.45) is 5.82. The fourth-order valence-corrected chi connectivity index (χ4v) is 4.12. The molecule has 0 unspecified atom stereocenters. The lowest BCUT2D eigenvalue weighted by Gasteiger charge is -2.49. The molecule has 1 aromatic heterocycles. The summed E-state index contributed by atoms with van der Waals surface area (Å²) in [7, 11) is 0. The van der Waals surface area contributed by atoms with Gasteiger partial charge in [0.1, 0.15) is 5.82 Å². The van der Waals surface area contributed by atoms with E-state index >= 15 is 0 Å². The number of halogens is 1. The van der Waals surface area contributed by atoms with Gasteiger partial charge in [0.15, 0.2) is 0 Å². The maximum absolute atomic E-state index is 13.4. The smallest absolute Gasteiger partial charge is 0.325 e. The summed E-state index contributed by atoms with van der Waals surface area (Å²) >= 11 is 0. The van der Waals surface area contributed by atoms with E-state index in [-0.39, 0.29) is 17.9 Å². The predicted molar refractivity (Wildman–Crippen MR) is 91.3 cm³/mol. The molecule has 0 aliphatic carbocycles. The van der Waals surface area contributed by atoms with E-state index in [1.807, 2.05) is 12.1 Å². The number of nitrogens with zero attached hydrogens (tertiary/aromatic N) is 2. The Labute approximate surface area is 141 Å². The highest BCUT2D eigenvalue weighted by Gasteiger charge is 2.40. The van der Waals surface area contributed by atoms with Crippen molar-refractivity contribution in [3.63, 3.8) is 0 Å². The van der Waals surface area contributed by atoms with E-state index in [0.29, 0.717) is 12.0 Å². The molecule has 3 fully saturated rings. The lowest BCUT2D eigenvalue weighted by Crippen LogP contribution is -2.62. The lowest BCUT2D eigenvalue weighted by atomic mass is 9.79. The van der Waals surface area contributed by atoms with Gasteiger partial charge in [-0.15, -0.1) is 0 Å². The van der Waals surface area contributed by atoms with Gasteiger partial charge in [-0.25, -0.2) is 9.18 Å². The molecule has 0 saturated carbocycles. The molecule has 4 heterocycles. The van der Waals surface area contributed by atoms with Gasteiger partial charge in [-0.1, -0.05) is 12.1 Å². The number of rotatable bonds is 2. The van der Waals surface area contributed by atoms with Gasteiger partial charge in [0, 0.05) is 24.5 Å². The first-order valence-corrected chi connectivity index (χ1v) is 8.61. The van der Waals surface area contributed by atoms with Crippen LogP contribution in [0.4, 0.5) is 9.18 Å². The van der Waals surface area contributed by atoms with E-state index in [1.165, 1.54) is 12.1 Å². The molecule has 0 spiro atoms. The van der Waals surface area contributed by atoms with Crippen molar-refractivity contribution >= 4 is 6.03 Å². The molecule has 4 nitrogen and oxygen atoms in total. The predicted octanol–water partition coefficient (Wildman–Crippen LogP) is 3.33. The van der Waals surface area contributed by atoms with Crippen molar-refractivity contribution in [1.82, 2.24) is 14.8 Å². The van der Waals surface area contributed by atoms with Crippen LogP contribution in [-0.2, 0) is 0 Å². The number of carbonyl (C=O) groups is 1. The van der Waals surface area contributed by atoms with Gasteiger partial charge in [-0.05, 0) is 68.1 Å². The molecule has 24 heavy (non-hydrogen) atoms. The van der Waals surface area contributed by atoms with Gasteiger partial charge in [0.2, 0.25) is 0 Å². The van der Waals surface area contributed by atoms with Crippen LogP contribution in [0.25, 0.3) is 11.1 Å². The van der Waals surface area contributed by atoms with Crippen molar-refractivity contribution < 1.29 is 9.18 Å². The number of nitrogens with one attached hydrogen (secondary N) is 1. The lowest BCUT2D eigenvalue weighted by molar-refractivity contribution is 0.0267. The Morgan fingerprint density at radius 1 is 1.21 bits per heavy atom. The molecule has 5 heteroatoms. The Bertz CT molecular complexity index is 747. The molecule has 126 valence electrons. The van der Waals surface area contributed by atoms with Crippen LogP contribution in [0.1, 0.15) is 19.8 Å². The number of carbonyl (C=O) groups excluding carboxylic acids is 1. The summed E-state index contributed by atoms with van der Waals surface area (Å²) in [6, 6.07) is 8.75. The largest absolute Gasteiger partial charge is 0.333 e. The third-order valence-electron chi connectivity index (χ3n) is 5.55. The van der Waals surface area contributed by atoms with Crippen molar-refractivity contribution in [2.75, 3.05) is 13.1 Å². The van der Waals surface area contributed by atoms with Crippen LogP contribution < -0.4 is 5.32 Å². The van der Waals surface area contributed by atoms with Crippen LogP contribution in [0.3, 0.4) is 0 Å². The summed E-state index contributed by atoms with van der Waals surface area (Å²) in [5.41, 5.74) is 1.62. The van der Waals surface area contributed by atoms with Crippen LogP contribution in [0.15, 0.2) is 42.7 Å². The van der Waals surface area contributed by atoms with Gasteiger partial charge >= 0.3 is 6.03 Å². The highest BCUT2D eigenvalue weighted by atomic mass is 19.1. The minimum absolute atomic E-state index is 0.108. The standard InChI is InChI=1S/C19H22FN3O/c1-13-18(14-5-8-22(13)9-6-14)21-19(24)23-10-7-16(12-23)15-3-2-4-17(20)11-15/h2-4,7,10-14,18H,5-6,8-9H2,1H3,(H,21,24)/t13-,18+/m1/s1. The normalized spacial score (nSPS) is 28.8. The Kier molecular flexibility index (Phi) is 3.88. The van der Waals surface area contributed by atoms with Crippen LogP contribution in [0.5, 0.6) is 0 Å². The molecule has 2 atom stereocenters. The van der Waals surface area contributed by atoms with E-state index in [2.05, 4.69) is 17.1 Å². The van der Waals surface area contributed by atoms with E-state index < -0.39 is 0 Å². The van der Waals surface area contributed by atoms with Crippen LogP contribution in [0.2, 0.25) is 0 Å². The van der Waals surface area contributed by atoms with E-state index in [1.54, 1.807) is 23.0 Å². The molecule has 0 radical (unpaired) electrons. The Morgan fingerprint density at radius 2 is 2.00 bits per heavy atom. The second kappa shape index (κ2) is 6.06. The molecule has 5 rings (SSSR count). The minimum Gasteiger partial charge on any atom is -0.333 e. The molecule has 3 aliphatic heterocycles. The molecule has 2 bridgehead atoms. The SMILES string of the molecule is C[C@@H]1[C@H](NC(=O)n2ccc(-c3cccc(F)c3)c2)C2CCN1CC2. The van der Waals surface area contributed by atoms with Crippen molar-refractivity contribution in [3.8, 4) is 11.1 Å². The highest BCUT2D eigenvalue weighted by Crippen LogP contribution is 2.32. The number of amides is 1. The second-order valence-electron chi connectivity index (χ2n) is 6.91. The van der Waals surface area contributed by atoms with Crippen LogP contribution in [0, 0.1) is 11.7 Å². The number of aromatic nitrogens is 1. The molecule has 2 aromatic rings. The second-order valence-corrected chi connectivity index (χ2v) is 6.91. The molecule has 3 saturated heterocycles. The Balaban J connectivity index is 1.49. The maximum atomic E-state index is 13.4. The van der Waals surface area contributed by atoms with Crippen molar-refractivity contribution in [1.29, 1.82) is 0 Å². The third kappa shape index (κ3) is 2.73. The first-order chi connectivity index (χ1) is 11.6. The molecule has 1 aromatic carbocycles. The van der Waals surface area contributed by atoms with Crippen molar-refractivity contribution in [2.45, 2.75) is 31.8 Å². The number of piperidine rings is 3. The first-order valence-electron chi connectivity index (χ1n) is 8.61. The molecular formula is C19H22FN3O. The van der Waals surface area contributed by atoms with E-state index in [9.17, 15) is 9.18 Å². The Hall–Kier alpha value is -2.14. The molecule has 1 amide bonds. The number of hydrogen-bond donors (Lipinski definition) is 1. The van der Waals surface area contributed by atoms with Crippen molar-refractivity contribution in [2.24, 2.45) is 5.92 Å². The highest BCUT2D eigenvalue weighted by molar-refractivity contribution is 5.79. The molecule has 3 aliphatic rings. The fraction of sp³-hybridized carbons (Fsp3) is 0.421. The number of fused-ring (bicyclic) bond motifs is 3. The summed E-state index contributed by atoms with van der Waals surface area (Å²) < 4.78 is 14.9. The van der Waals surface area contributed by atoms with E-state index in [4.69, 9.17) is 0 Å². The Morgan fingerprint density at radius 3 is 2.71 bits per heavy atom. The van der Waals surface area contributed by atoms with Gasteiger partial charge in [-0.3, -0.25) is 9.47 Å². The molecular weight excluding hydrogens is 305 g/mol. The first kappa shape index (κ1) is 15.4. The zero-order valence-electron chi connectivity index (χ0n) is 13.8. The fourth-order valence-electron chi connectivity index (χ4n) is 4.12. The van der Waals surface area contributed by atoms with Crippen LogP contribution >= 0.6 is 0 Å². The third-order valence-corrected chi connectivity index (χ3v) is 5.55. The monoisotopic (exact) mass is 327 g/mol. The quantitative estimate of drug-likeness (QED) is 0.918. The van der Waals surface area contributed by atoms with Gasteiger partial charge in [0.05, 0.1) is 0 Å². The summed E-state index contributed by atoms with van der Waals surface area (Å²) in [5.74, 6) is 0.304. The maximum Gasteiger partial charge on any atom is 0.325 e. The summed E-state index contributed by atoms with van der Waals surface area (Å²) in [5, 5.41) is 3.20. The van der Waals surface area contributed by atoms with Gasteiger partial charge in [-0.2, -0.15) is 0 Å². The zero-order chi connectivity index (χ0) is 16.7. The average molecular weight is 327 g/mol. The minimum atomic E-state index is -0.272. The number of hydrogen-bond acceptors (Lipinski definition) is 2. The topological polar surface area (TPSA) is 37.3 Å². The number of benzene rings is 1. The summed E-state index contributed by atoms with van der Waals surface area (Å²) in [4.78, 5) is 15.1. The summed E-state index contributed by atoms with van der Waals surface area (Å²) in [6.45, 7) is 4.49. The zero-order valence-corrected chi connectivity index (χ0v) is 13.8. The van der Waals surface area contributed by atoms with E-state index in [0.717, 1.165) is 37.1 Å². The van der Waals surface area contributed by atoms with Crippen LogP contribution in [-0.4, -0.2) is 40.7 Å². The van der Waals surface area contributed by atoms with Gasteiger partial charge in [0.25, 0.3) is 0 Å². The molecule has 1 N–H and O–H groups in total. The van der Waals surface area contributed by atoms with Gasteiger partial charge < -0.3 is 5.32 Å². The van der Waals surface area contributed by atoms with Crippen molar-refractivity contribution in [3.05, 3.63) is 48.5 Å².